The Hall–Kier alpha value is -1.23. The average molecular weight is 264 g/mol. The van der Waals surface area contributed by atoms with Gasteiger partial charge in [-0.3, -0.25) is 0 Å². The van der Waals surface area contributed by atoms with E-state index in [1.54, 1.807) is 12.3 Å². The first-order valence-electron chi connectivity index (χ1n) is 6.13. The second-order valence-corrected chi connectivity index (χ2v) is 6.45. The van der Waals surface area contributed by atoms with Crippen LogP contribution in [0.5, 0.6) is 0 Å². The number of anilines is 1. The van der Waals surface area contributed by atoms with E-state index in [4.69, 9.17) is 18.0 Å². The van der Waals surface area contributed by atoms with Crippen molar-refractivity contribution in [2.75, 3.05) is 11.9 Å². The van der Waals surface area contributed by atoms with Crippen LogP contribution in [0.1, 0.15) is 33.4 Å². The van der Waals surface area contributed by atoms with Crippen LogP contribution in [0.3, 0.4) is 0 Å². The van der Waals surface area contributed by atoms with Crippen LogP contribution in [0.2, 0.25) is 0 Å². The minimum Gasteiger partial charge on any atom is -0.388 e. The first-order chi connectivity index (χ1) is 8.26. The van der Waals surface area contributed by atoms with Crippen LogP contribution < -0.4 is 11.1 Å². The van der Waals surface area contributed by atoms with E-state index in [2.05, 4.69) is 43.0 Å². The molecule has 2 rings (SSSR count). The maximum atomic E-state index is 5.55. The Morgan fingerprint density at radius 2 is 2.00 bits per heavy atom. The summed E-state index contributed by atoms with van der Waals surface area (Å²) in [5.41, 5.74) is 6.88. The number of aromatic nitrogens is 2. The molecular formula is C13H20N4S. The zero-order valence-corrected chi connectivity index (χ0v) is 12.1. The molecule has 1 aliphatic rings. The molecule has 0 saturated heterocycles. The molecule has 5 heteroatoms. The van der Waals surface area contributed by atoms with Crippen molar-refractivity contribution < 1.29 is 0 Å². The van der Waals surface area contributed by atoms with E-state index in [0.717, 1.165) is 6.54 Å². The van der Waals surface area contributed by atoms with Crippen LogP contribution in [-0.2, 0) is 0 Å². The largest absolute Gasteiger partial charge is 0.388 e. The first kappa shape index (κ1) is 13.2. The second-order valence-electron chi connectivity index (χ2n) is 6.01. The predicted molar refractivity (Wildman–Crippen MR) is 77.5 cm³/mol. The Balaban J connectivity index is 2.00. The maximum Gasteiger partial charge on any atom is 0.223 e. The molecule has 1 saturated carbocycles. The summed E-state index contributed by atoms with van der Waals surface area (Å²) in [4.78, 5) is 8.76. The predicted octanol–water partition coefficient (Wildman–Crippen LogP) is 2.20. The Kier molecular flexibility index (Phi) is 3.05. The van der Waals surface area contributed by atoms with Gasteiger partial charge < -0.3 is 11.1 Å². The molecule has 98 valence electrons. The van der Waals surface area contributed by atoms with Gasteiger partial charge in [0.25, 0.3) is 0 Å². The number of hydrogen-bond acceptors (Lipinski definition) is 4. The third-order valence-corrected chi connectivity index (χ3v) is 4.90. The Morgan fingerprint density at radius 3 is 2.50 bits per heavy atom. The van der Waals surface area contributed by atoms with Crippen LogP contribution in [0.15, 0.2) is 12.3 Å². The fourth-order valence-corrected chi connectivity index (χ4v) is 2.73. The highest BCUT2D eigenvalue weighted by molar-refractivity contribution is 7.80. The summed E-state index contributed by atoms with van der Waals surface area (Å²) in [5.74, 6) is 1.22. The summed E-state index contributed by atoms with van der Waals surface area (Å²) in [7, 11) is 0. The van der Waals surface area contributed by atoms with Gasteiger partial charge in [0, 0.05) is 12.7 Å². The van der Waals surface area contributed by atoms with Crippen molar-refractivity contribution in [3.63, 3.8) is 0 Å². The van der Waals surface area contributed by atoms with E-state index in [1.165, 1.54) is 0 Å². The molecule has 1 aliphatic carbocycles. The molecule has 0 amide bonds. The van der Waals surface area contributed by atoms with Crippen molar-refractivity contribution in [1.29, 1.82) is 0 Å². The minimum atomic E-state index is 0.299. The van der Waals surface area contributed by atoms with Crippen molar-refractivity contribution in [2.45, 2.75) is 27.7 Å². The molecule has 18 heavy (non-hydrogen) atoms. The van der Waals surface area contributed by atoms with E-state index < -0.39 is 0 Å². The van der Waals surface area contributed by atoms with Gasteiger partial charge in [0.1, 0.15) is 10.7 Å². The van der Waals surface area contributed by atoms with E-state index in [1.807, 2.05) is 0 Å². The number of nitrogens with zero attached hydrogens (tertiary/aromatic N) is 2. The zero-order chi connectivity index (χ0) is 13.6. The fourth-order valence-electron chi connectivity index (χ4n) is 2.62. The molecule has 1 fully saturated rings. The molecule has 1 aromatic heterocycles. The summed E-state index contributed by atoms with van der Waals surface area (Å²) in [5, 5.41) is 3.28. The van der Waals surface area contributed by atoms with Crippen molar-refractivity contribution in [1.82, 2.24) is 9.97 Å². The van der Waals surface area contributed by atoms with Crippen LogP contribution in [-0.4, -0.2) is 21.5 Å². The summed E-state index contributed by atoms with van der Waals surface area (Å²) in [6.07, 6.45) is 1.67. The van der Waals surface area contributed by atoms with E-state index in [9.17, 15) is 0 Å². The van der Waals surface area contributed by atoms with Crippen molar-refractivity contribution in [2.24, 2.45) is 22.5 Å². The highest BCUT2D eigenvalue weighted by Crippen LogP contribution is 2.68. The van der Waals surface area contributed by atoms with Gasteiger partial charge in [-0.2, -0.15) is 0 Å². The molecule has 3 N–H and O–H groups in total. The lowest BCUT2D eigenvalue weighted by atomic mass is 10.0. The molecule has 0 radical (unpaired) electrons. The molecule has 0 unspecified atom stereocenters. The van der Waals surface area contributed by atoms with Crippen LogP contribution in [0.4, 0.5) is 5.95 Å². The highest BCUT2D eigenvalue weighted by atomic mass is 32.1. The zero-order valence-electron chi connectivity index (χ0n) is 11.3. The second kappa shape index (κ2) is 4.16. The smallest absolute Gasteiger partial charge is 0.223 e. The average Bonchev–Trinajstić information content (AvgIpc) is 2.67. The molecule has 4 nitrogen and oxygen atoms in total. The summed E-state index contributed by atoms with van der Waals surface area (Å²) >= 11 is 4.90. The molecule has 0 bridgehead atoms. The number of hydrogen-bond donors (Lipinski definition) is 2. The Morgan fingerprint density at radius 1 is 1.39 bits per heavy atom. The molecule has 1 heterocycles. The normalized spacial score (nSPS) is 20.4. The standard InChI is InChI=1S/C13H20N4S/c1-12(2)9(13(12,3)4)7-16-11-15-6-5-8(17-11)10(14)18/h5-6,9H,7H2,1-4H3,(H2,14,18)(H,15,16,17). The molecule has 1 aromatic rings. The van der Waals surface area contributed by atoms with Gasteiger partial charge in [0.2, 0.25) is 5.95 Å². The molecule has 0 aromatic carbocycles. The van der Waals surface area contributed by atoms with Gasteiger partial charge in [0.05, 0.1) is 0 Å². The number of nitrogens with one attached hydrogen (secondary N) is 1. The van der Waals surface area contributed by atoms with Crippen molar-refractivity contribution in [3.8, 4) is 0 Å². The molecule has 0 atom stereocenters. The van der Waals surface area contributed by atoms with Gasteiger partial charge >= 0.3 is 0 Å². The van der Waals surface area contributed by atoms with Crippen LogP contribution in [0.25, 0.3) is 0 Å². The molecule has 0 aliphatic heterocycles. The van der Waals surface area contributed by atoms with Gasteiger partial charge in [0.15, 0.2) is 0 Å². The summed E-state index contributed by atoms with van der Waals surface area (Å²) < 4.78 is 0. The number of rotatable bonds is 4. The van der Waals surface area contributed by atoms with E-state index in [0.29, 0.717) is 33.4 Å². The van der Waals surface area contributed by atoms with Crippen molar-refractivity contribution in [3.05, 3.63) is 18.0 Å². The van der Waals surface area contributed by atoms with Gasteiger partial charge in [-0.25, -0.2) is 9.97 Å². The topological polar surface area (TPSA) is 63.8 Å². The summed E-state index contributed by atoms with van der Waals surface area (Å²) in [6.45, 7) is 10.1. The lowest BCUT2D eigenvalue weighted by Crippen LogP contribution is -2.15. The fraction of sp³-hybridized carbons (Fsp3) is 0.615. The van der Waals surface area contributed by atoms with Gasteiger partial charge in [-0.15, -0.1) is 0 Å². The SMILES string of the molecule is CC1(C)C(CNc2nccc(C(N)=S)n2)C1(C)C. The Bertz CT molecular complexity index is 468. The van der Waals surface area contributed by atoms with E-state index in [-0.39, 0.29) is 0 Å². The van der Waals surface area contributed by atoms with Crippen LogP contribution >= 0.6 is 12.2 Å². The lowest BCUT2D eigenvalue weighted by Gasteiger charge is -2.06. The third kappa shape index (κ3) is 2.07. The maximum absolute atomic E-state index is 5.55. The van der Waals surface area contributed by atoms with Gasteiger partial charge in [-0.1, -0.05) is 39.9 Å². The quantitative estimate of drug-likeness (QED) is 0.816. The number of nitrogens with two attached hydrogens (primary N) is 1. The van der Waals surface area contributed by atoms with Crippen LogP contribution in [0, 0.1) is 16.7 Å². The van der Waals surface area contributed by atoms with Crippen molar-refractivity contribution >= 4 is 23.2 Å². The minimum absolute atomic E-state index is 0.299. The third-order valence-electron chi connectivity index (χ3n) is 4.69. The summed E-state index contributed by atoms with van der Waals surface area (Å²) in [6, 6.07) is 1.72. The highest BCUT2D eigenvalue weighted by Gasteiger charge is 2.64. The van der Waals surface area contributed by atoms with E-state index >= 15 is 0 Å². The molecule has 0 spiro atoms. The Labute approximate surface area is 113 Å². The monoisotopic (exact) mass is 264 g/mol. The molecular weight excluding hydrogens is 244 g/mol. The first-order valence-corrected chi connectivity index (χ1v) is 6.54. The number of thiocarbonyl (C=S) groups is 1. The van der Waals surface area contributed by atoms with Gasteiger partial charge in [-0.05, 0) is 22.8 Å². The lowest BCUT2D eigenvalue weighted by molar-refractivity contribution is 0.457.